The fourth-order valence-corrected chi connectivity index (χ4v) is 5.08. The van der Waals surface area contributed by atoms with E-state index in [0.29, 0.717) is 44.4 Å². The summed E-state index contributed by atoms with van der Waals surface area (Å²) in [6.07, 6.45) is 6.51. The van der Waals surface area contributed by atoms with Crippen LogP contribution in [0.25, 0.3) is 11.5 Å². The lowest BCUT2D eigenvalue weighted by molar-refractivity contribution is -0.149. The van der Waals surface area contributed by atoms with Crippen molar-refractivity contribution in [2.45, 2.75) is 31.7 Å². The van der Waals surface area contributed by atoms with Crippen LogP contribution >= 0.6 is 0 Å². The molecule has 2 fully saturated rings. The van der Waals surface area contributed by atoms with E-state index in [-0.39, 0.29) is 17.8 Å². The van der Waals surface area contributed by atoms with Crippen LogP contribution in [0.2, 0.25) is 0 Å². The van der Waals surface area contributed by atoms with E-state index in [1.54, 1.807) is 12.5 Å². The Hall–Kier alpha value is -3.85. The summed E-state index contributed by atoms with van der Waals surface area (Å²) in [6, 6.07) is 16.0. The van der Waals surface area contributed by atoms with Crippen LogP contribution in [0, 0.1) is 5.92 Å². The SMILES string of the molecule is COC(=O)C1CCN(C(=O)CN2CCC(Nc3ccc(Oc4ccc(-c5ncco5)cc4)cc3)CC2)CC1. The zero-order valence-corrected chi connectivity index (χ0v) is 21.7. The summed E-state index contributed by atoms with van der Waals surface area (Å²) in [5.74, 6) is 2.01. The quantitative estimate of drug-likeness (QED) is 0.438. The Bertz CT molecular complexity index is 1180. The molecule has 0 atom stereocenters. The molecule has 3 aromatic rings. The van der Waals surface area contributed by atoms with Crippen molar-refractivity contribution in [3.63, 3.8) is 0 Å². The Morgan fingerprint density at radius 1 is 0.947 bits per heavy atom. The van der Waals surface area contributed by atoms with Gasteiger partial charge in [-0.2, -0.15) is 0 Å². The first-order valence-corrected chi connectivity index (χ1v) is 13.2. The number of piperidine rings is 2. The highest BCUT2D eigenvalue weighted by Crippen LogP contribution is 2.27. The third-order valence-corrected chi connectivity index (χ3v) is 7.32. The van der Waals surface area contributed by atoms with Gasteiger partial charge in [-0.3, -0.25) is 14.5 Å². The van der Waals surface area contributed by atoms with E-state index >= 15 is 0 Å². The number of benzene rings is 2. The molecule has 9 nitrogen and oxygen atoms in total. The van der Waals surface area contributed by atoms with Crippen LogP contribution in [0.15, 0.2) is 65.4 Å². The van der Waals surface area contributed by atoms with E-state index in [4.69, 9.17) is 13.9 Å². The van der Waals surface area contributed by atoms with Gasteiger partial charge in [-0.05, 0) is 74.2 Å². The number of ether oxygens (including phenoxy) is 2. The fourth-order valence-electron chi connectivity index (χ4n) is 5.08. The highest BCUT2D eigenvalue weighted by molar-refractivity contribution is 5.79. The van der Waals surface area contributed by atoms with E-state index in [1.807, 2.05) is 53.4 Å². The molecule has 0 saturated carbocycles. The summed E-state index contributed by atoms with van der Waals surface area (Å²) in [5, 5.41) is 3.61. The molecule has 0 radical (unpaired) electrons. The molecule has 1 aromatic heterocycles. The van der Waals surface area contributed by atoms with Crippen LogP contribution in [0.4, 0.5) is 5.69 Å². The molecule has 0 bridgehead atoms. The van der Waals surface area contributed by atoms with E-state index < -0.39 is 0 Å². The molecule has 2 aromatic carbocycles. The van der Waals surface area contributed by atoms with Gasteiger partial charge in [0.05, 0.1) is 25.8 Å². The molecule has 5 rings (SSSR count). The topological polar surface area (TPSA) is 97.1 Å². The normalized spacial score (nSPS) is 17.2. The minimum Gasteiger partial charge on any atom is -0.469 e. The van der Waals surface area contributed by atoms with Crippen LogP contribution < -0.4 is 10.1 Å². The van der Waals surface area contributed by atoms with E-state index in [2.05, 4.69) is 15.2 Å². The number of hydrogen-bond acceptors (Lipinski definition) is 8. The van der Waals surface area contributed by atoms with Crippen LogP contribution in [-0.2, 0) is 14.3 Å². The summed E-state index contributed by atoms with van der Waals surface area (Å²) in [5.41, 5.74) is 1.96. The van der Waals surface area contributed by atoms with Crippen LogP contribution in [0.5, 0.6) is 11.5 Å². The first kappa shape index (κ1) is 25.8. The fraction of sp³-hybridized carbons (Fsp3) is 0.414. The number of nitrogens with zero attached hydrogens (tertiary/aromatic N) is 3. The number of oxazole rings is 1. The van der Waals surface area contributed by atoms with Crippen molar-refractivity contribution in [3.8, 4) is 23.0 Å². The van der Waals surface area contributed by atoms with Crippen molar-refractivity contribution >= 4 is 17.6 Å². The molecule has 200 valence electrons. The van der Waals surface area contributed by atoms with Crippen molar-refractivity contribution < 1.29 is 23.5 Å². The Kier molecular flexibility index (Phi) is 8.23. The minimum atomic E-state index is -0.164. The minimum absolute atomic E-state index is 0.0800. The lowest BCUT2D eigenvalue weighted by Crippen LogP contribution is -2.48. The smallest absolute Gasteiger partial charge is 0.308 e. The summed E-state index contributed by atoms with van der Waals surface area (Å²) in [4.78, 5) is 32.7. The van der Waals surface area contributed by atoms with Gasteiger partial charge in [0.2, 0.25) is 11.8 Å². The molecule has 1 N–H and O–H groups in total. The summed E-state index contributed by atoms with van der Waals surface area (Å²) in [6.45, 7) is 3.47. The lowest BCUT2D eigenvalue weighted by atomic mass is 9.97. The summed E-state index contributed by atoms with van der Waals surface area (Å²) >= 11 is 0. The Labute approximate surface area is 222 Å². The van der Waals surface area contributed by atoms with Crippen molar-refractivity contribution in [3.05, 3.63) is 61.0 Å². The van der Waals surface area contributed by atoms with Gasteiger partial charge < -0.3 is 24.1 Å². The second kappa shape index (κ2) is 12.1. The average molecular weight is 519 g/mol. The third kappa shape index (κ3) is 6.52. The number of anilines is 1. The number of amides is 1. The molecule has 2 aliphatic heterocycles. The monoisotopic (exact) mass is 518 g/mol. The molecular weight excluding hydrogens is 484 g/mol. The van der Waals surface area contributed by atoms with Gasteiger partial charge in [0.25, 0.3) is 0 Å². The van der Waals surface area contributed by atoms with E-state index in [9.17, 15) is 9.59 Å². The second-order valence-corrected chi connectivity index (χ2v) is 9.86. The zero-order valence-electron chi connectivity index (χ0n) is 21.7. The number of carbonyl (C=O) groups excluding carboxylic acids is 2. The molecule has 2 saturated heterocycles. The molecule has 0 unspecified atom stereocenters. The summed E-state index contributed by atoms with van der Waals surface area (Å²) in [7, 11) is 1.42. The van der Waals surface area contributed by atoms with Gasteiger partial charge in [-0.1, -0.05) is 0 Å². The molecule has 38 heavy (non-hydrogen) atoms. The standard InChI is InChI=1S/C29H34N4O5/c1-36-29(35)22-10-17-33(18-11-22)27(34)20-32-15-12-24(13-16-32)31-23-4-8-26(9-5-23)38-25-6-2-21(3-7-25)28-30-14-19-37-28/h2-9,14,19,22,24,31H,10-13,15-18,20H2,1H3. The van der Waals surface area contributed by atoms with Gasteiger partial charge in [0, 0.05) is 43.5 Å². The maximum atomic E-state index is 12.8. The maximum Gasteiger partial charge on any atom is 0.308 e. The van der Waals surface area contributed by atoms with Crippen molar-refractivity contribution in [1.82, 2.24) is 14.8 Å². The van der Waals surface area contributed by atoms with Gasteiger partial charge >= 0.3 is 5.97 Å². The van der Waals surface area contributed by atoms with Gasteiger partial charge in [0.1, 0.15) is 17.8 Å². The van der Waals surface area contributed by atoms with E-state index in [1.165, 1.54) is 7.11 Å². The predicted molar refractivity (Wildman–Crippen MR) is 143 cm³/mol. The number of likely N-dealkylation sites (tertiary alicyclic amines) is 2. The average Bonchev–Trinajstić information content (AvgIpc) is 3.50. The highest BCUT2D eigenvalue weighted by atomic mass is 16.5. The molecule has 3 heterocycles. The molecule has 0 aliphatic carbocycles. The first-order chi connectivity index (χ1) is 18.6. The Morgan fingerprint density at radius 2 is 1.61 bits per heavy atom. The predicted octanol–water partition coefficient (Wildman–Crippen LogP) is 4.42. The zero-order chi connectivity index (χ0) is 26.3. The maximum absolute atomic E-state index is 12.8. The Morgan fingerprint density at radius 3 is 2.21 bits per heavy atom. The lowest BCUT2D eigenvalue weighted by Gasteiger charge is -2.35. The van der Waals surface area contributed by atoms with Crippen molar-refractivity contribution in [2.75, 3.05) is 45.2 Å². The van der Waals surface area contributed by atoms with Gasteiger partial charge in [0.15, 0.2) is 0 Å². The van der Waals surface area contributed by atoms with Crippen molar-refractivity contribution in [1.29, 1.82) is 0 Å². The van der Waals surface area contributed by atoms with Crippen molar-refractivity contribution in [2.24, 2.45) is 5.92 Å². The summed E-state index contributed by atoms with van der Waals surface area (Å²) < 4.78 is 16.1. The highest BCUT2D eigenvalue weighted by Gasteiger charge is 2.29. The molecule has 2 aliphatic rings. The number of rotatable bonds is 8. The number of methoxy groups -OCH3 is 1. The number of hydrogen-bond donors (Lipinski definition) is 1. The number of carbonyl (C=O) groups is 2. The molecule has 1 amide bonds. The molecule has 0 spiro atoms. The molecule has 9 heteroatoms. The van der Waals surface area contributed by atoms with Crippen LogP contribution in [-0.4, -0.2) is 72.5 Å². The number of esters is 1. The van der Waals surface area contributed by atoms with Gasteiger partial charge in [-0.25, -0.2) is 4.98 Å². The largest absolute Gasteiger partial charge is 0.469 e. The van der Waals surface area contributed by atoms with Crippen LogP contribution in [0.3, 0.4) is 0 Å². The Balaban J connectivity index is 1.03. The van der Waals surface area contributed by atoms with E-state index in [0.717, 1.165) is 48.7 Å². The van der Waals surface area contributed by atoms with Gasteiger partial charge in [-0.15, -0.1) is 0 Å². The number of nitrogens with one attached hydrogen (secondary N) is 1. The molecular formula is C29H34N4O5. The third-order valence-electron chi connectivity index (χ3n) is 7.32. The second-order valence-electron chi connectivity index (χ2n) is 9.86. The number of aromatic nitrogens is 1. The first-order valence-electron chi connectivity index (χ1n) is 13.2. The van der Waals surface area contributed by atoms with Crippen LogP contribution in [0.1, 0.15) is 25.7 Å².